The zero-order valence-corrected chi connectivity index (χ0v) is 12.6. The predicted octanol–water partition coefficient (Wildman–Crippen LogP) is 4.06. The molecule has 2 nitrogen and oxygen atoms in total. The largest absolute Gasteiger partial charge is 0.493 e. The third kappa shape index (κ3) is 3.39. The summed E-state index contributed by atoms with van der Waals surface area (Å²) >= 11 is 6.31. The molecule has 0 heterocycles. The molecule has 1 rings (SSSR count). The van der Waals surface area contributed by atoms with Gasteiger partial charge in [-0.3, -0.25) is 0 Å². The lowest BCUT2D eigenvalue weighted by molar-refractivity contribution is 0.309. The molecule has 0 saturated heterocycles. The zero-order chi connectivity index (χ0) is 13.7. The SMILES string of the molecule is CCCOc1c(C(C)C)cc(Cl)c(C)c1CCN. The minimum Gasteiger partial charge on any atom is -0.493 e. The van der Waals surface area contributed by atoms with E-state index >= 15 is 0 Å². The standard InChI is InChI=1S/C15H24ClNO/c1-5-8-18-15-12(6-7-17)11(4)14(16)9-13(15)10(2)3/h9-10H,5-8,17H2,1-4H3. The molecule has 0 aromatic heterocycles. The molecule has 1 aromatic carbocycles. The molecule has 1 aromatic rings. The Bertz CT molecular complexity index is 402. The molecular weight excluding hydrogens is 246 g/mol. The molecule has 0 atom stereocenters. The fraction of sp³-hybridized carbons (Fsp3) is 0.600. The van der Waals surface area contributed by atoms with Crippen LogP contribution in [-0.4, -0.2) is 13.2 Å². The summed E-state index contributed by atoms with van der Waals surface area (Å²) in [5, 5.41) is 0.811. The number of hydrogen-bond donors (Lipinski definition) is 1. The van der Waals surface area contributed by atoms with Crippen molar-refractivity contribution >= 4 is 11.6 Å². The molecule has 102 valence electrons. The molecule has 0 aliphatic carbocycles. The van der Waals surface area contributed by atoms with Crippen LogP contribution in [0.4, 0.5) is 0 Å². The Kier molecular flexibility index (Phi) is 5.97. The number of nitrogens with two attached hydrogens (primary N) is 1. The first-order valence-corrected chi connectivity index (χ1v) is 7.05. The average Bonchev–Trinajstić information content (AvgIpc) is 2.33. The molecule has 0 amide bonds. The van der Waals surface area contributed by atoms with E-state index < -0.39 is 0 Å². The lowest BCUT2D eigenvalue weighted by atomic mass is 9.94. The van der Waals surface area contributed by atoms with Gasteiger partial charge in [-0.1, -0.05) is 32.4 Å². The van der Waals surface area contributed by atoms with Gasteiger partial charge in [-0.25, -0.2) is 0 Å². The maximum absolute atomic E-state index is 6.31. The van der Waals surface area contributed by atoms with Gasteiger partial charge in [-0.05, 0) is 49.4 Å². The summed E-state index contributed by atoms with van der Waals surface area (Å²) in [5.74, 6) is 1.39. The molecule has 18 heavy (non-hydrogen) atoms. The summed E-state index contributed by atoms with van der Waals surface area (Å²) < 4.78 is 5.95. The molecule has 2 N–H and O–H groups in total. The first kappa shape index (κ1) is 15.3. The Labute approximate surface area is 115 Å². The van der Waals surface area contributed by atoms with Gasteiger partial charge >= 0.3 is 0 Å². The third-order valence-corrected chi connectivity index (χ3v) is 3.49. The molecule has 0 aliphatic heterocycles. The van der Waals surface area contributed by atoms with Gasteiger partial charge in [0.05, 0.1) is 6.61 Å². The van der Waals surface area contributed by atoms with Gasteiger partial charge < -0.3 is 10.5 Å². The molecular formula is C15H24ClNO. The van der Waals surface area contributed by atoms with Crippen molar-refractivity contribution in [3.05, 3.63) is 27.8 Å². The van der Waals surface area contributed by atoms with Crippen molar-refractivity contribution in [2.45, 2.75) is 46.5 Å². The highest BCUT2D eigenvalue weighted by Gasteiger charge is 2.17. The van der Waals surface area contributed by atoms with Crippen molar-refractivity contribution in [2.24, 2.45) is 5.73 Å². The molecule has 0 bridgehead atoms. The highest BCUT2D eigenvalue weighted by Crippen LogP contribution is 2.37. The van der Waals surface area contributed by atoms with Crippen molar-refractivity contribution in [1.82, 2.24) is 0 Å². The Morgan fingerprint density at radius 1 is 1.39 bits per heavy atom. The first-order chi connectivity index (χ1) is 8.52. The number of ether oxygens (including phenoxy) is 1. The highest BCUT2D eigenvalue weighted by molar-refractivity contribution is 6.31. The molecule has 0 unspecified atom stereocenters. The van der Waals surface area contributed by atoms with Crippen LogP contribution in [0.1, 0.15) is 49.8 Å². The van der Waals surface area contributed by atoms with Crippen molar-refractivity contribution in [1.29, 1.82) is 0 Å². The summed E-state index contributed by atoms with van der Waals surface area (Å²) in [6.45, 7) is 9.81. The lowest BCUT2D eigenvalue weighted by Gasteiger charge is -2.20. The van der Waals surface area contributed by atoms with Gasteiger partial charge in [0, 0.05) is 10.6 Å². The zero-order valence-electron chi connectivity index (χ0n) is 11.8. The van der Waals surface area contributed by atoms with Crippen molar-refractivity contribution in [3.8, 4) is 5.75 Å². The monoisotopic (exact) mass is 269 g/mol. The number of benzene rings is 1. The van der Waals surface area contributed by atoms with Gasteiger partial charge in [0.15, 0.2) is 0 Å². The Morgan fingerprint density at radius 2 is 2.06 bits per heavy atom. The highest BCUT2D eigenvalue weighted by atomic mass is 35.5. The van der Waals surface area contributed by atoms with Crippen molar-refractivity contribution in [2.75, 3.05) is 13.2 Å². The van der Waals surface area contributed by atoms with Crippen LogP contribution in [0.25, 0.3) is 0 Å². The number of rotatable bonds is 6. The Morgan fingerprint density at radius 3 is 2.56 bits per heavy atom. The van der Waals surface area contributed by atoms with Gasteiger partial charge in [-0.15, -0.1) is 0 Å². The van der Waals surface area contributed by atoms with Crippen LogP contribution in [0.2, 0.25) is 5.02 Å². The lowest BCUT2D eigenvalue weighted by Crippen LogP contribution is -2.10. The van der Waals surface area contributed by atoms with Crippen LogP contribution in [-0.2, 0) is 6.42 Å². The first-order valence-electron chi connectivity index (χ1n) is 6.67. The van der Waals surface area contributed by atoms with Crippen LogP contribution in [0.5, 0.6) is 5.75 Å². The minimum atomic E-state index is 0.395. The molecule has 0 saturated carbocycles. The second-order valence-electron chi connectivity index (χ2n) is 4.92. The fourth-order valence-electron chi connectivity index (χ4n) is 2.05. The predicted molar refractivity (Wildman–Crippen MR) is 78.8 cm³/mol. The van der Waals surface area contributed by atoms with Crippen molar-refractivity contribution < 1.29 is 4.74 Å². The summed E-state index contributed by atoms with van der Waals surface area (Å²) in [6, 6.07) is 2.03. The van der Waals surface area contributed by atoms with Gasteiger partial charge in [0.1, 0.15) is 5.75 Å². The fourth-order valence-corrected chi connectivity index (χ4v) is 2.28. The van der Waals surface area contributed by atoms with Crippen LogP contribution >= 0.6 is 11.6 Å². The van der Waals surface area contributed by atoms with Crippen molar-refractivity contribution in [3.63, 3.8) is 0 Å². The maximum atomic E-state index is 6.31. The topological polar surface area (TPSA) is 35.2 Å². The van der Waals surface area contributed by atoms with Gasteiger partial charge in [0.2, 0.25) is 0 Å². The van der Waals surface area contributed by atoms with E-state index in [2.05, 4.69) is 20.8 Å². The smallest absolute Gasteiger partial charge is 0.126 e. The van der Waals surface area contributed by atoms with Crippen LogP contribution in [0.3, 0.4) is 0 Å². The van der Waals surface area contributed by atoms with Gasteiger partial charge in [-0.2, -0.15) is 0 Å². The quantitative estimate of drug-likeness (QED) is 0.845. The second-order valence-corrected chi connectivity index (χ2v) is 5.33. The normalized spacial score (nSPS) is 11.1. The number of hydrogen-bond acceptors (Lipinski definition) is 2. The second kappa shape index (κ2) is 7.01. The minimum absolute atomic E-state index is 0.395. The van der Waals surface area contributed by atoms with Crippen LogP contribution in [0.15, 0.2) is 6.07 Å². The van der Waals surface area contributed by atoms with Crippen LogP contribution in [0, 0.1) is 6.92 Å². The summed E-state index contributed by atoms with van der Waals surface area (Å²) in [6.07, 6.45) is 1.81. The Hall–Kier alpha value is -0.730. The third-order valence-electron chi connectivity index (χ3n) is 3.10. The molecule has 0 fully saturated rings. The number of halogens is 1. The maximum Gasteiger partial charge on any atom is 0.126 e. The molecule has 0 radical (unpaired) electrons. The molecule has 3 heteroatoms. The summed E-state index contributed by atoms with van der Waals surface area (Å²) in [5.41, 5.74) is 9.15. The van der Waals surface area contributed by atoms with E-state index in [9.17, 15) is 0 Å². The van der Waals surface area contributed by atoms with E-state index in [4.69, 9.17) is 22.1 Å². The molecule has 0 aliphatic rings. The molecule has 0 spiro atoms. The van der Waals surface area contributed by atoms with E-state index in [0.717, 1.165) is 35.8 Å². The average molecular weight is 270 g/mol. The van der Waals surface area contributed by atoms with E-state index in [0.29, 0.717) is 12.5 Å². The summed E-state index contributed by atoms with van der Waals surface area (Å²) in [4.78, 5) is 0. The van der Waals surface area contributed by atoms with Crippen LogP contribution < -0.4 is 10.5 Å². The van der Waals surface area contributed by atoms with Gasteiger partial charge in [0.25, 0.3) is 0 Å². The van der Waals surface area contributed by atoms with E-state index in [-0.39, 0.29) is 0 Å². The van der Waals surface area contributed by atoms with E-state index in [1.54, 1.807) is 0 Å². The Balaban J connectivity index is 3.32. The van der Waals surface area contributed by atoms with E-state index in [1.165, 1.54) is 11.1 Å². The summed E-state index contributed by atoms with van der Waals surface area (Å²) in [7, 11) is 0. The van der Waals surface area contributed by atoms with E-state index in [1.807, 2.05) is 13.0 Å².